The minimum Gasteiger partial charge on any atom is -0.268 e. The van der Waals surface area contributed by atoms with Crippen LogP contribution in [0.4, 0.5) is 5.69 Å². The molecule has 0 saturated carbocycles. The zero-order valence-corrected chi connectivity index (χ0v) is 10.7. The van der Waals surface area contributed by atoms with E-state index in [9.17, 15) is 4.91 Å². The van der Waals surface area contributed by atoms with Crippen LogP contribution >= 0.6 is 0 Å². The third kappa shape index (κ3) is 1.89. The van der Waals surface area contributed by atoms with Crippen molar-refractivity contribution in [1.29, 1.82) is 0 Å². The molecule has 0 spiro atoms. The second-order valence-electron chi connectivity index (χ2n) is 4.47. The molecule has 0 bridgehead atoms. The number of nitrogens with zero attached hydrogens (tertiary/aromatic N) is 4. The first-order chi connectivity index (χ1) is 9.19. The van der Waals surface area contributed by atoms with E-state index in [0.717, 1.165) is 27.7 Å². The summed E-state index contributed by atoms with van der Waals surface area (Å²) < 4.78 is 1.78. The molecule has 94 valence electrons. The molecule has 0 aliphatic rings. The topological polar surface area (TPSA) is 60.1 Å². The Labute approximate surface area is 109 Å². The van der Waals surface area contributed by atoms with E-state index < -0.39 is 0 Å². The van der Waals surface area contributed by atoms with Crippen molar-refractivity contribution >= 4 is 16.6 Å². The maximum atomic E-state index is 11.0. The number of hydrogen-bond donors (Lipinski definition) is 0. The number of aromatic nitrogens is 3. The van der Waals surface area contributed by atoms with E-state index in [0.29, 0.717) is 5.69 Å². The van der Waals surface area contributed by atoms with Crippen molar-refractivity contribution in [2.45, 2.75) is 6.92 Å². The van der Waals surface area contributed by atoms with E-state index in [1.54, 1.807) is 23.1 Å². The van der Waals surface area contributed by atoms with E-state index in [2.05, 4.69) is 15.3 Å². The van der Waals surface area contributed by atoms with Crippen molar-refractivity contribution < 1.29 is 0 Å². The molecule has 2 aromatic heterocycles. The maximum absolute atomic E-state index is 11.0. The number of nitroso groups, excluding NO2 is 1. The highest BCUT2D eigenvalue weighted by molar-refractivity contribution is 5.91. The fraction of sp³-hybridized carbons (Fsp3) is 0.143. The van der Waals surface area contributed by atoms with E-state index in [4.69, 9.17) is 0 Å². The van der Waals surface area contributed by atoms with Crippen LogP contribution in [0.3, 0.4) is 0 Å². The quantitative estimate of drug-likeness (QED) is 0.657. The molecular weight excluding hydrogens is 240 g/mol. The average Bonchev–Trinajstić information content (AvgIpc) is 2.78. The van der Waals surface area contributed by atoms with Gasteiger partial charge in [0.05, 0.1) is 11.7 Å². The average molecular weight is 252 g/mol. The monoisotopic (exact) mass is 252 g/mol. The number of benzene rings is 1. The minimum absolute atomic E-state index is 0.422. The summed E-state index contributed by atoms with van der Waals surface area (Å²) in [6, 6.07) is 7.51. The van der Waals surface area contributed by atoms with Gasteiger partial charge in [-0.3, -0.25) is 9.67 Å². The third-order valence-electron chi connectivity index (χ3n) is 3.17. The number of hydrogen-bond acceptors (Lipinski definition) is 4. The Morgan fingerprint density at radius 2 is 2.11 bits per heavy atom. The maximum Gasteiger partial charge on any atom is 0.116 e. The van der Waals surface area contributed by atoms with Crippen LogP contribution < -0.4 is 0 Å². The SMILES string of the molecule is Cc1cc(-c2cc3c(cnn3C)cc2N=O)ccn1. The molecule has 0 saturated heterocycles. The van der Waals surface area contributed by atoms with Crippen molar-refractivity contribution in [1.82, 2.24) is 14.8 Å². The van der Waals surface area contributed by atoms with Crippen molar-refractivity contribution in [3.05, 3.63) is 47.3 Å². The molecule has 3 rings (SSSR count). The summed E-state index contributed by atoms with van der Waals surface area (Å²) in [6.07, 6.45) is 3.46. The van der Waals surface area contributed by atoms with Crippen LogP contribution in [0, 0.1) is 11.8 Å². The molecule has 3 aromatic rings. The summed E-state index contributed by atoms with van der Waals surface area (Å²) in [5.41, 5.74) is 4.03. The van der Waals surface area contributed by atoms with Gasteiger partial charge in [-0.05, 0) is 41.9 Å². The van der Waals surface area contributed by atoms with Crippen LogP contribution in [0.5, 0.6) is 0 Å². The highest BCUT2D eigenvalue weighted by Gasteiger charge is 2.10. The number of rotatable bonds is 2. The van der Waals surface area contributed by atoms with Crippen LogP contribution in [0.2, 0.25) is 0 Å². The van der Waals surface area contributed by atoms with Crippen molar-refractivity contribution in [2.24, 2.45) is 12.2 Å². The van der Waals surface area contributed by atoms with Crippen LogP contribution in [0.1, 0.15) is 5.69 Å². The van der Waals surface area contributed by atoms with Crippen LogP contribution in [0.25, 0.3) is 22.0 Å². The highest BCUT2D eigenvalue weighted by atomic mass is 16.3. The van der Waals surface area contributed by atoms with Gasteiger partial charge in [-0.25, -0.2) is 0 Å². The summed E-state index contributed by atoms with van der Waals surface area (Å²) in [5.74, 6) is 0. The van der Waals surface area contributed by atoms with Crippen molar-refractivity contribution in [3.63, 3.8) is 0 Å². The van der Waals surface area contributed by atoms with Gasteiger partial charge in [0.2, 0.25) is 0 Å². The third-order valence-corrected chi connectivity index (χ3v) is 3.17. The normalized spacial score (nSPS) is 10.8. The number of aryl methyl sites for hydroxylation is 2. The lowest BCUT2D eigenvalue weighted by Crippen LogP contribution is -1.90. The van der Waals surface area contributed by atoms with Gasteiger partial charge >= 0.3 is 0 Å². The molecule has 2 heterocycles. The van der Waals surface area contributed by atoms with Crippen LogP contribution in [-0.2, 0) is 7.05 Å². The summed E-state index contributed by atoms with van der Waals surface area (Å²) in [6.45, 7) is 1.92. The molecule has 5 nitrogen and oxygen atoms in total. The summed E-state index contributed by atoms with van der Waals surface area (Å²) in [5, 5.41) is 8.22. The molecule has 19 heavy (non-hydrogen) atoms. The van der Waals surface area contributed by atoms with Gasteiger partial charge in [0.1, 0.15) is 5.69 Å². The van der Waals surface area contributed by atoms with Crippen LogP contribution in [-0.4, -0.2) is 14.8 Å². The predicted octanol–water partition coefficient (Wildman–Crippen LogP) is 3.34. The summed E-state index contributed by atoms with van der Waals surface area (Å²) in [4.78, 5) is 15.2. The first-order valence-corrected chi connectivity index (χ1v) is 5.91. The van der Waals surface area contributed by atoms with Gasteiger partial charge in [0.25, 0.3) is 0 Å². The zero-order valence-electron chi connectivity index (χ0n) is 10.7. The van der Waals surface area contributed by atoms with Gasteiger partial charge in [-0.1, -0.05) is 0 Å². The first-order valence-electron chi connectivity index (χ1n) is 5.91. The Hall–Kier alpha value is -2.56. The number of pyridine rings is 1. The van der Waals surface area contributed by atoms with Gasteiger partial charge < -0.3 is 0 Å². The fourth-order valence-corrected chi connectivity index (χ4v) is 2.21. The van der Waals surface area contributed by atoms with Crippen molar-refractivity contribution in [2.75, 3.05) is 0 Å². The Bertz CT molecular complexity index is 776. The van der Waals surface area contributed by atoms with Gasteiger partial charge in [0, 0.05) is 29.9 Å². The highest BCUT2D eigenvalue weighted by Crippen LogP contribution is 2.34. The summed E-state index contributed by atoms with van der Waals surface area (Å²) >= 11 is 0. The molecule has 0 amide bonds. The molecule has 0 aliphatic heterocycles. The van der Waals surface area contributed by atoms with Gasteiger partial charge in [-0.2, -0.15) is 5.10 Å². The molecule has 0 atom stereocenters. The van der Waals surface area contributed by atoms with Crippen molar-refractivity contribution in [3.8, 4) is 11.1 Å². The fourth-order valence-electron chi connectivity index (χ4n) is 2.21. The molecule has 1 aromatic carbocycles. The second kappa shape index (κ2) is 4.28. The smallest absolute Gasteiger partial charge is 0.116 e. The second-order valence-corrected chi connectivity index (χ2v) is 4.47. The summed E-state index contributed by atoms with van der Waals surface area (Å²) in [7, 11) is 1.87. The first kappa shape index (κ1) is 11.5. The van der Waals surface area contributed by atoms with E-state index in [1.165, 1.54) is 0 Å². The van der Waals surface area contributed by atoms with Gasteiger partial charge in [0.15, 0.2) is 0 Å². The Kier molecular flexibility index (Phi) is 2.59. The van der Waals surface area contributed by atoms with Crippen LogP contribution in [0.15, 0.2) is 41.8 Å². The Morgan fingerprint density at radius 1 is 1.26 bits per heavy atom. The lowest BCUT2D eigenvalue weighted by atomic mass is 10.0. The molecular formula is C14H12N4O. The lowest BCUT2D eigenvalue weighted by Gasteiger charge is -2.06. The standard InChI is InChI=1S/C14H12N4O/c1-9-5-10(3-4-15-9)12-7-14-11(6-13(12)17-19)8-16-18(14)2/h3-8H,1-2H3. The molecule has 0 radical (unpaired) electrons. The molecule has 0 N–H and O–H groups in total. The zero-order chi connectivity index (χ0) is 13.4. The van der Waals surface area contributed by atoms with Gasteiger partial charge in [-0.15, -0.1) is 4.91 Å². The molecule has 0 aliphatic carbocycles. The predicted molar refractivity (Wildman–Crippen MR) is 74.1 cm³/mol. The largest absolute Gasteiger partial charge is 0.268 e. The minimum atomic E-state index is 0.422. The lowest BCUT2D eigenvalue weighted by molar-refractivity contribution is 0.797. The Morgan fingerprint density at radius 3 is 2.84 bits per heavy atom. The van der Waals surface area contributed by atoms with E-state index >= 15 is 0 Å². The molecule has 0 fully saturated rings. The number of fused-ring (bicyclic) bond motifs is 1. The van der Waals surface area contributed by atoms with E-state index in [-0.39, 0.29) is 0 Å². The van der Waals surface area contributed by atoms with E-state index in [1.807, 2.05) is 32.2 Å². The Balaban J connectivity index is 2.32. The molecule has 0 unspecified atom stereocenters. The molecule has 5 heteroatoms.